The van der Waals surface area contributed by atoms with Crippen molar-refractivity contribution >= 4 is 17.4 Å². The molecule has 1 aromatic carbocycles. The molecule has 1 saturated carbocycles. The summed E-state index contributed by atoms with van der Waals surface area (Å²) in [5, 5.41) is 19.5. The SMILES string of the molecule is O=C(c1cccc([N+](=O)[O-])c1)N1CCN(c2ccc(OC3CCCCC3)nn2)CC1. The highest BCUT2D eigenvalue weighted by molar-refractivity contribution is 5.95. The van der Waals surface area contributed by atoms with Gasteiger partial charge in [-0.1, -0.05) is 12.5 Å². The lowest BCUT2D eigenvalue weighted by molar-refractivity contribution is -0.384. The Hall–Kier alpha value is -3.23. The van der Waals surface area contributed by atoms with E-state index in [4.69, 9.17) is 4.74 Å². The smallest absolute Gasteiger partial charge is 0.270 e. The van der Waals surface area contributed by atoms with Gasteiger partial charge < -0.3 is 14.5 Å². The number of carbonyl (C=O) groups excluding carboxylic acids is 1. The van der Waals surface area contributed by atoms with Crippen molar-refractivity contribution in [3.05, 3.63) is 52.1 Å². The van der Waals surface area contributed by atoms with Crippen molar-refractivity contribution in [2.24, 2.45) is 0 Å². The van der Waals surface area contributed by atoms with Gasteiger partial charge in [0.05, 0.1) is 4.92 Å². The van der Waals surface area contributed by atoms with Crippen LogP contribution >= 0.6 is 0 Å². The van der Waals surface area contributed by atoms with Crippen molar-refractivity contribution in [2.75, 3.05) is 31.1 Å². The molecule has 2 aromatic rings. The molecule has 2 aliphatic rings. The van der Waals surface area contributed by atoms with Gasteiger partial charge in [-0.05, 0) is 37.8 Å². The minimum absolute atomic E-state index is 0.0784. The summed E-state index contributed by atoms with van der Waals surface area (Å²) in [7, 11) is 0. The number of non-ortho nitro benzene ring substituents is 1. The van der Waals surface area contributed by atoms with Crippen molar-refractivity contribution in [1.82, 2.24) is 15.1 Å². The fraction of sp³-hybridized carbons (Fsp3) is 0.476. The Balaban J connectivity index is 1.32. The molecule has 2 heterocycles. The van der Waals surface area contributed by atoms with E-state index < -0.39 is 4.92 Å². The summed E-state index contributed by atoms with van der Waals surface area (Å²) in [6.45, 7) is 2.28. The van der Waals surface area contributed by atoms with Crippen LogP contribution < -0.4 is 9.64 Å². The maximum atomic E-state index is 12.7. The van der Waals surface area contributed by atoms with E-state index in [1.807, 2.05) is 12.1 Å². The fourth-order valence-corrected chi connectivity index (χ4v) is 3.97. The predicted octanol–water partition coefficient (Wildman–Crippen LogP) is 3.06. The summed E-state index contributed by atoms with van der Waals surface area (Å²) >= 11 is 0. The molecule has 30 heavy (non-hydrogen) atoms. The number of anilines is 1. The van der Waals surface area contributed by atoms with E-state index in [1.54, 1.807) is 11.0 Å². The Labute approximate surface area is 174 Å². The molecule has 158 valence electrons. The number of carbonyl (C=O) groups is 1. The summed E-state index contributed by atoms with van der Waals surface area (Å²) in [6, 6.07) is 9.62. The molecule has 1 aliphatic carbocycles. The lowest BCUT2D eigenvalue weighted by Gasteiger charge is -2.35. The molecule has 0 N–H and O–H groups in total. The van der Waals surface area contributed by atoms with Crippen LogP contribution in [-0.2, 0) is 0 Å². The van der Waals surface area contributed by atoms with E-state index in [0.717, 1.165) is 18.7 Å². The largest absolute Gasteiger partial charge is 0.473 e. The molecule has 1 aromatic heterocycles. The van der Waals surface area contributed by atoms with Gasteiger partial charge in [0.1, 0.15) is 6.10 Å². The summed E-state index contributed by atoms with van der Waals surface area (Å²) < 4.78 is 5.93. The third-order valence-corrected chi connectivity index (χ3v) is 5.66. The predicted molar refractivity (Wildman–Crippen MR) is 111 cm³/mol. The van der Waals surface area contributed by atoms with E-state index >= 15 is 0 Å². The number of hydrogen-bond donors (Lipinski definition) is 0. The van der Waals surface area contributed by atoms with Crippen LogP contribution in [0.4, 0.5) is 11.5 Å². The third-order valence-electron chi connectivity index (χ3n) is 5.66. The van der Waals surface area contributed by atoms with Crippen LogP contribution in [0.1, 0.15) is 42.5 Å². The lowest BCUT2D eigenvalue weighted by atomic mass is 9.98. The highest BCUT2D eigenvalue weighted by Gasteiger charge is 2.24. The standard InChI is InChI=1S/C21H25N5O4/c27-21(16-5-4-6-17(15-16)26(28)29)25-13-11-24(12-14-25)19-9-10-20(23-22-19)30-18-7-2-1-3-8-18/h4-6,9-10,15,18H,1-3,7-8,11-14H2. The number of amides is 1. The first kappa shape index (κ1) is 20.1. The maximum absolute atomic E-state index is 12.7. The monoisotopic (exact) mass is 411 g/mol. The zero-order valence-corrected chi connectivity index (χ0v) is 16.8. The van der Waals surface area contributed by atoms with Crippen LogP contribution in [0.5, 0.6) is 5.88 Å². The normalized spacial score (nSPS) is 17.6. The maximum Gasteiger partial charge on any atom is 0.270 e. The van der Waals surface area contributed by atoms with Crippen LogP contribution in [-0.4, -0.2) is 58.2 Å². The number of benzene rings is 1. The van der Waals surface area contributed by atoms with E-state index in [0.29, 0.717) is 37.6 Å². The van der Waals surface area contributed by atoms with Crippen LogP contribution in [0.25, 0.3) is 0 Å². The summed E-state index contributed by atoms with van der Waals surface area (Å²) in [4.78, 5) is 26.9. The van der Waals surface area contributed by atoms with Crippen LogP contribution in [0, 0.1) is 10.1 Å². The summed E-state index contributed by atoms with van der Waals surface area (Å²) in [5.41, 5.74) is 0.256. The quantitative estimate of drug-likeness (QED) is 0.550. The molecule has 4 rings (SSSR count). The first-order chi connectivity index (χ1) is 14.6. The molecule has 1 aliphatic heterocycles. The van der Waals surface area contributed by atoms with E-state index in [9.17, 15) is 14.9 Å². The van der Waals surface area contributed by atoms with Gasteiger partial charge in [0, 0.05) is 49.9 Å². The zero-order chi connectivity index (χ0) is 20.9. The first-order valence-corrected chi connectivity index (χ1v) is 10.4. The zero-order valence-electron chi connectivity index (χ0n) is 16.8. The second-order valence-corrected chi connectivity index (χ2v) is 7.69. The molecular weight excluding hydrogens is 386 g/mol. The van der Waals surface area contributed by atoms with E-state index in [1.165, 1.54) is 37.5 Å². The number of hydrogen-bond acceptors (Lipinski definition) is 7. The van der Waals surface area contributed by atoms with Crippen molar-refractivity contribution in [2.45, 2.75) is 38.2 Å². The number of piperazine rings is 1. The molecule has 9 heteroatoms. The third kappa shape index (κ3) is 4.67. The van der Waals surface area contributed by atoms with Crippen LogP contribution in [0.2, 0.25) is 0 Å². The molecule has 2 fully saturated rings. The van der Waals surface area contributed by atoms with Gasteiger partial charge >= 0.3 is 0 Å². The Morgan fingerprint density at radius 2 is 1.80 bits per heavy atom. The highest BCUT2D eigenvalue weighted by atomic mass is 16.6. The molecule has 9 nitrogen and oxygen atoms in total. The molecule has 0 atom stereocenters. The molecular formula is C21H25N5O4. The van der Waals surface area contributed by atoms with E-state index in [2.05, 4.69) is 15.1 Å². The second-order valence-electron chi connectivity index (χ2n) is 7.69. The summed E-state index contributed by atoms with van der Waals surface area (Å²) in [5.74, 6) is 1.12. The number of rotatable bonds is 5. The summed E-state index contributed by atoms with van der Waals surface area (Å²) in [6.07, 6.45) is 6.07. The Bertz CT molecular complexity index is 891. The molecule has 0 radical (unpaired) electrons. The average molecular weight is 411 g/mol. The van der Waals surface area contributed by atoms with Gasteiger partial charge in [0.2, 0.25) is 5.88 Å². The number of nitro benzene ring substituents is 1. The van der Waals surface area contributed by atoms with Crippen molar-refractivity contribution in [3.63, 3.8) is 0 Å². The van der Waals surface area contributed by atoms with Gasteiger partial charge in [0.15, 0.2) is 5.82 Å². The minimum atomic E-state index is -0.491. The number of ether oxygens (including phenoxy) is 1. The number of nitrogens with zero attached hydrogens (tertiary/aromatic N) is 5. The number of aromatic nitrogens is 2. The molecule has 0 unspecified atom stereocenters. The molecule has 1 saturated heterocycles. The lowest BCUT2D eigenvalue weighted by Crippen LogP contribution is -2.49. The number of nitro groups is 1. The minimum Gasteiger partial charge on any atom is -0.473 e. The van der Waals surface area contributed by atoms with Crippen molar-refractivity contribution in [3.8, 4) is 5.88 Å². The van der Waals surface area contributed by atoms with Gasteiger partial charge in [-0.2, -0.15) is 0 Å². The first-order valence-electron chi connectivity index (χ1n) is 10.4. The van der Waals surface area contributed by atoms with Crippen LogP contribution in [0.3, 0.4) is 0 Å². The molecule has 0 bridgehead atoms. The van der Waals surface area contributed by atoms with E-state index in [-0.39, 0.29) is 17.7 Å². The van der Waals surface area contributed by atoms with Gasteiger partial charge in [-0.25, -0.2) is 0 Å². The Morgan fingerprint density at radius 3 is 2.47 bits per heavy atom. The van der Waals surface area contributed by atoms with Crippen molar-refractivity contribution < 1.29 is 14.5 Å². The van der Waals surface area contributed by atoms with Gasteiger partial charge in [0.25, 0.3) is 11.6 Å². The topological polar surface area (TPSA) is 102 Å². The van der Waals surface area contributed by atoms with Crippen LogP contribution in [0.15, 0.2) is 36.4 Å². The second kappa shape index (κ2) is 9.06. The average Bonchev–Trinajstić information content (AvgIpc) is 2.80. The molecule has 1 amide bonds. The Kier molecular flexibility index (Phi) is 6.06. The van der Waals surface area contributed by atoms with Gasteiger partial charge in [-0.3, -0.25) is 14.9 Å². The fourth-order valence-electron chi connectivity index (χ4n) is 3.97. The van der Waals surface area contributed by atoms with Crippen molar-refractivity contribution in [1.29, 1.82) is 0 Å². The Morgan fingerprint density at radius 1 is 1.03 bits per heavy atom. The highest BCUT2D eigenvalue weighted by Crippen LogP contribution is 2.23. The molecule has 0 spiro atoms. The van der Waals surface area contributed by atoms with Gasteiger partial charge in [-0.15, -0.1) is 10.2 Å².